The van der Waals surface area contributed by atoms with Gasteiger partial charge in [-0.1, -0.05) is 18.2 Å². The number of hydrogen-bond donors (Lipinski definition) is 2. The SMILES string of the molecule is NC(N)=NCCc1cnn(-c2ccccc2)c1. The van der Waals surface area contributed by atoms with Crippen molar-refractivity contribution in [2.75, 3.05) is 6.54 Å². The first kappa shape index (κ1) is 11.2. The summed E-state index contributed by atoms with van der Waals surface area (Å²) in [6.45, 7) is 0.586. The van der Waals surface area contributed by atoms with E-state index >= 15 is 0 Å². The molecule has 0 atom stereocenters. The zero-order chi connectivity index (χ0) is 12.1. The predicted molar refractivity (Wildman–Crippen MR) is 67.9 cm³/mol. The van der Waals surface area contributed by atoms with Crippen LogP contribution in [0.1, 0.15) is 5.56 Å². The number of para-hydroxylation sites is 1. The second-order valence-electron chi connectivity index (χ2n) is 3.69. The van der Waals surface area contributed by atoms with E-state index in [1.807, 2.05) is 47.4 Å². The highest BCUT2D eigenvalue weighted by molar-refractivity contribution is 5.75. The topological polar surface area (TPSA) is 82.2 Å². The third-order valence-corrected chi connectivity index (χ3v) is 2.35. The summed E-state index contributed by atoms with van der Waals surface area (Å²) < 4.78 is 1.84. The minimum absolute atomic E-state index is 0.125. The van der Waals surface area contributed by atoms with Crippen molar-refractivity contribution in [2.45, 2.75) is 6.42 Å². The van der Waals surface area contributed by atoms with Gasteiger partial charge >= 0.3 is 0 Å². The van der Waals surface area contributed by atoms with E-state index in [0.29, 0.717) is 6.54 Å². The molecular weight excluding hydrogens is 214 g/mol. The van der Waals surface area contributed by atoms with E-state index < -0.39 is 0 Å². The number of guanidine groups is 1. The van der Waals surface area contributed by atoms with E-state index in [0.717, 1.165) is 17.7 Å². The zero-order valence-electron chi connectivity index (χ0n) is 9.45. The number of nitrogens with two attached hydrogens (primary N) is 2. The first-order chi connectivity index (χ1) is 8.25. The minimum Gasteiger partial charge on any atom is -0.370 e. The summed E-state index contributed by atoms with van der Waals surface area (Å²) in [6.07, 6.45) is 4.59. The van der Waals surface area contributed by atoms with Gasteiger partial charge in [0.05, 0.1) is 11.9 Å². The van der Waals surface area contributed by atoms with Gasteiger partial charge in [-0.2, -0.15) is 5.10 Å². The second kappa shape index (κ2) is 5.16. The van der Waals surface area contributed by atoms with Crippen LogP contribution in [0.4, 0.5) is 0 Å². The first-order valence-corrected chi connectivity index (χ1v) is 5.40. The van der Waals surface area contributed by atoms with E-state index in [4.69, 9.17) is 11.5 Å². The Morgan fingerprint density at radius 3 is 2.71 bits per heavy atom. The molecule has 17 heavy (non-hydrogen) atoms. The summed E-state index contributed by atoms with van der Waals surface area (Å²) in [7, 11) is 0. The summed E-state index contributed by atoms with van der Waals surface area (Å²) >= 11 is 0. The molecule has 2 rings (SSSR count). The van der Waals surface area contributed by atoms with Crippen LogP contribution in [0.5, 0.6) is 0 Å². The standard InChI is InChI=1S/C12H15N5/c13-12(14)15-7-6-10-8-16-17(9-10)11-4-2-1-3-5-11/h1-5,8-9H,6-7H2,(H4,13,14,15). The lowest BCUT2D eigenvalue weighted by Gasteiger charge is -1.98. The Kier molecular flexibility index (Phi) is 3.40. The molecule has 0 bridgehead atoms. The van der Waals surface area contributed by atoms with Crippen LogP contribution in [0.15, 0.2) is 47.7 Å². The molecule has 1 aromatic carbocycles. The zero-order valence-corrected chi connectivity index (χ0v) is 9.45. The number of hydrogen-bond acceptors (Lipinski definition) is 2. The molecule has 5 nitrogen and oxygen atoms in total. The third kappa shape index (κ3) is 3.07. The summed E-state index contributed by atoms with van der Waals surface area (Å²) in [5, 5.41) is 4.29. The molecule has 1 aromatic heterocycles. The Labute approximate surface area is 99.8 Å². The van der Waals surface area contributed by atoms with Crippen molar-refractivity contribution >= 4 is 5.96 Å². The van der Waals surface area contributed by atoms with Crippen LogP contribution >= 0.6 is 0 Å². The van der Waals surface area contributed by atoms with Gasteiger partial charge in [0, 0.05) is 12.7 Å². The smallest absolute Gasteiger partial charge is 0.185 e. The Bertz CT molecular complexity index is 497. The highest BCUT2D eigenvalue weighted by Crippen LogP contribution is 2.07. The Morgan fingerprint density at radius 1 is 1.24 bits per heavy atom. The van der Waals surface area contributed by atoms with Gasteiger partial charge < -0.3 is 11.5 Å². The van der Waals surface area contributed by atoms with Crippen LogP contribution in [0, 0.1) is 0 Å². The van der Waals surface area contributed by atoms with Gasteiger partial charge in [-0.3, -0.25) is 4.99 Å². The molecule has 0 aliphatic heterocycles. The molecule has 4 N–H and O–H groups in total. The summed E-state index contributed by atoms with van der Waals surface area (Å²) in [5.41, 5.74) is 12.7. The first-order valence-electron chi connectivity index (χ1n) is 5.40. The van der Waals surface area contributed by atoms with Crippen molar-refractivity contribution in [1.82, 2.24) is 9.78 Å². The van der Waals surface area contributed by atoms with Crippen LogP contribution in [0.25, 0.3) is 5.69 Å². The molecular formula is C12H15N5. The Morgan fingerprint density at radius 2 is 2.00 bits per heavy atom. The largest absolute Gasteiger partial charge is 0.370 e. The number of aromatic nitrogens is 2. The van der Waals surface area contributed by atoms with Crippen LogP contribution in [-0.4, -0.2) is 22.3 Å². The highest BCUT2D eigenvalue weighted by Gasteiger charge is 1.99. The second-order valence-corrected chi connectivity index (χ2v) is 3.69. The van der Waals surface area contributed by atoms with Crippen LogP contribution < -0.4 is 11.5 Å². The maximum Gasteiger partial charge on any atom is 0.185 e. The average molecular weight is 229 g/mol. The monoisotopic (exact) mass is 229 g/mol. The van der Waals surface area contributed by atoms with Gasteiger partial charge in [0.15, 0.2) is 5.96 Å². The maximum atomic E-state index is 5.26. The summed E-state index contributed by atoms with van der Waals surface area (Å²) in [5.74, 6) is 0.125. The maximum absolute atomic E-state index is 5.26. The molecule has 0 unspecified atom stereocenters. The van der Waals surface area contributed by atoms with Crippen molar-refractivity contribution in [2.24, 2.45) is 16.5 Å². The molecule has 0 amide bonds. The molecule has 0 spiro atoms. The van der Waals surface area contributed by atoms with Gasteiger partial charge in [0.2, 0.25) is 0 Å². The molecule has 0 saturated carbocycles. The fourth-order valence-corrected chi connectivity index (χ4v) is 1.53. The third-order valence-electron chi connectivity index (χ3n) is 2.35. The van der Waals surface area contributed by atoms with E-state index in [1.54, 1.807) is 0 Å². The van der Waals surface area contributed by atoms with Gasteiger partial charge in [-0.25, -0.2) is 4.68 Å². The lowest BCUT2D eigenvalue weighted by molar-refractivity contribution is 0.879. The average Bonchev–Trinajstić information content (AvgIpc) is 2.78. The quantitative estimate of drug-likeness (QED) is 0.597. The van der Waals surface area contributed by atoms with E-state index in [1.165, 1.54) is 0 Å². The van der Waals surface area contributed by atoms with Crippen molar-refractivity contribution in [3.63, 3.8) is 0 Å². The van der Waals surface area contributed by atoms with Crippen LogP contribution in [0.2, 0.25) is 0 Å². The lowest BCUT2D eigenvalue weighted by atomic mass is 10.2. The molecule has 1 heterocycles. The number of benzene rings is 1. The summed E-state index contributed by atoms with van der Waals surface area (Å²) in [6, 6.07) is 9.96. The van der Waals surface area contributed by atoms with Gasteiger partial charge in [0.25, 0.3) is 0 Å². The van der Waals surface area contributed by atoms with Crippen LogP contribution in [-0.2, 0) is 6.42 Å². The van der Waals surface area contributed by atoms with Gasteiger partial charge in [-0.15, -0.1) is 0 Å². The fourth-order valence-electron chi connectivity index (χ4n) is 1.53. The molecule has 0 fully saturated rings. The molecule has 88 valence electrons. The molecule has 5 heteroatoms. The van der Waals surface area contributed by atoms with E-state index in [9.17, 15) is 0 Å². The van der Waals surface area contributed by atoms with Crippen molar-refractivity contribution in [3.05, 3.63) is 48.3 Å². The normalized spacial score (nSPS) is 10.1. The molecule has 2 aromatic rings. The van der Waals surface area contributed by atoms with Gasteiger partial charge in [0.1, 0.15) is 0 Å². The number of nitrogens with zero attached hydrogens (tertiary/aromatic N) is 3. The minimum atomic E-state index is 0.125. The molecule has 0 aliphatic carbocycles. The molecule has 0 saturated heterocycles. The summed E-state index contributed by atoms with van der Waals surface area (Å²) in [4.78, 5) is 3.94. The number of aliphatic imine (C=N–C) groups is 1. The number of rotatable bonds is 4. The van der Waals surface area contributed by atoms with Crippen molar-refractivity contribution in [3.8, 4) is 5.69 Å². The predicted octanol–water partition coefficient (Wildman–Crippen LogP) is 0.688. The van der Waals surface area contributed by atoms with Crippen molar-refractivity contribution in [1.29, 1.82) is 0 Å². The van der Waals surface area contributed by atoms with E-state index in [2.05, 4.69) is 10.1 Å². The highest BCUT2D eigenvalue weighted by atomic mass is 15.3. The van der Waals surface area contributed by atoms with E-state index in [-0.39, 0.29) is 5.96 Å². The lowest BCUT2D eigenvalue weighted by Crippen LogP contribution is -2.23. The fraction of sp³-hybridized carbons (Fsp3) is 0.167. The van der Waals surface area contributed by atoms with Crippen molar-refractivity contribution < 1.29 is 0 Å². The van der Waals surface area contributed by atoms with Crippen LogP contribution in [0.3, 0.4) is 0 Å². The Balaban J connectivity index is 2.04. The molecule has 0 aliphatic rings. The Hall–Kier alpha value is -2.30. The molecule has 0 radical (unpaired) electrons. The van der Waals surface area contributed by atoms with Gasteiger partial charge in [-0.05, 0) is 24.1 Å².